The van der Waals surface area contributed by atoms with Crippen molar-refractivity contribution in [3.8, 4) is 0 Å². The van der Waals surface area contributed by atoms with E-state index in [9.17, 15) is 8.42 Å². The summed E-state index contributed by atoms with van der Waals surface area (Å²) in [6.45, 7) is 10.5. The highest BCUT2D eigenvalue weighted by atomic mass is 32.2. The van der Waals surface area contributed by atoms with E-state index in [-0.39, 0.29) is 17.2 Å². The van der Waals surface area contributed by atoms with Crippen molar-refractivity contribution < 1.29 is 8.42 Å². The summed E-state index contributed by atoms with van der Waals surface area (Å²) in [5.41, 5.74) is -0.00660. The summed E-state index contributed by atoms with van der Waals surface area (Å²) >= 11 is 0. The van der Waals surface area contributed by atoms with E-state index < -0.39 is 9.84 Å². The number of hydrogen-bond donors (Lipinski definition) is 1. The van der Waals surface area contributed by atoms with Gasteiger partial charge in [0.25, 0.3) is 0 Å². The highest BCUT2D eigenvalue weighted by Gasteiger charge is 2.15. The molecule has 0 saturated heterocycles. The maximum absolute atomic E-state index is 11.5. The average Bonchev–Trinajstić information content (AvgIpc) is 1.78. The SMILES string of the molecule is CC(C)CS(=O)(=O)CCNC(C)(C)C. The van der Waals surface area contributed by atoms with Gasteiger partial charge in [0.1, 0.15) is 0 Å². The first kappa shape index (κ1) is 13.9. The van der Waals surface area contributed by atoms with Gasteiger partial charge in [0, 0.05) is 12.1 Å². The van der Waals surface area contributed by atoms with Gasteiger partial charge in [-0.15, -0.1) is 0 Å². The Balaban J connectivity index is 3.90. The molecule has 0 fully saturated rings. The van der Waals surface area contributed by atoms with Crippen molar-refractivity contribution in [3.63, 3.8) is 0 Å². The molecule has 0 atom stereocenters. The molecule has 0 unspecified atom stereocenters. The van der Waals surface area contributed by atoms with Crippen LogP contribution < -0.4 is 5.32 Å². The van der Waals surface area contributed by atoms with Gasteiger partial charge in [-0.1, -0.05) is 13.8 Å². The Hall–Kier alpha value is -0.0900. The van der Waals surface area contributed by atoms with E-state index in [0.717, 1.165) is 0 Å². The number of hydrogen-bond acceptors (Lipinski definition) is 3. The van der Waals surface area contributed by atoms with Gasteiger partial charge in [-0.05, 0) is 26.7 Å². The fraction of sp³-hybridized carbons (Fsp3) is 1.00. The van der Waals surface area contributed by atoms with E-state index in [4.69, 9.17) is 0 Å². The standard InChI is InChI=1S/C10H23NO2S/c1-9(2)8-14(12,13)7-6-11-10(3,4)5/h9,11H,6-8H2,1-5H3. The first-order chi connectivity index (χ1) is 6.12. The van der Waals surface area contributed by atoms with Crippen LogP contribution in [-0.2, 0) is 9.84 Å². The topological polar surface area (TPSA) is 46.2 Å². The molecule has 1 N–H and O–H groups in total. The molecular weight excluding hydrogens is 198 g/mol. The number of rotatable bonds is 5. The van der Waals surface area contributed by atoms with Gasteiger partial charge >= 0.3 is 0 Å². The third kappa shape index (κ3) is 8.51. The normalized spacial score (nSPS) is 13.6. The van der Waals surface area contributed by atoms with E-state index in [1.807, 2.05) is 34.6 Å². The molecule has 14 heavy (non-hydrogen) atoms. The Morgan fingerprint density at radius 2 is 1.71 bits per heavy atom. The predicted octanol–water partition coefficient (Wildman–Crippen LogP) is 1.45. The molecule has 0 aliphatic rings. The molecule has 0 heterocycles. The molecule has 0 aromatic rings. The Kier molecular flexibility index (Phi) is 5.09. The Bertz CT molecular complexity index is 250. The van der Waals surface area contributed by atoms with Crippen molar-refractivity contribution in [2.75, 3.05) is 18.1 Å². The lowest BCUT2D eigenvalue weighted by molar-refractivity contribution is 0.438. The minimum atomic E-state index is -2.87. The molecule has 0 radical (unpaired) electrons. The van der Waals surface area contributed by atoms with Crippen LogP contribution in [0, 0.1) is 5.92 Å². The molecule has 0 bridgehead atoms. The highest BCUT2D eigenvalue weighted by molar-refractivity contribution is 7.91. The molecule has 4 heteroatoms. The van der Waals surface area contributed by atoms with E-state index in [0.29, 0.717) is 12.3 Å². The molecule has 0 aromatic carbocycles. The van der Waals surface area contributed by atoms with Crippen molar-refractivity contribution in [1.29, 1.82) is 0 Å². The summed E-state index contributed by atoms with van der Waals surface area (Å²) in [7, 11) is -2.87. The zero-order valence-corrected chi connectivity index (χ0v) is 10.7. The summed E-state index contributed by atoms with van der Waals surface area (Å²) in [4.78, 5) is 0. The summed E-state index contributed by atoms with van der Waals surface area (Å²) in [5, 5.41) is 3.17. The lowest BCUT2D eigenvalue weighted by atomic mass is 10.1. The van der Waals surface area contributed by atoms with Gasteiger partial charge in [0.2, 0.25) is 0 Å². The van der Waals surface area contributed by atoms with Gasteiger partial charge in [-0.25, -0.2) is 8.42 Å². The van der Waals surface area contributed by atoms with Crippen LogP contribution in [0.3, 0.4) is 0 Å². The van der Waals surface area contributed by atoms with Crippen LogP contribution in [-0.4, -0.2) is 32.0 Å². The second-order valence-corrected chi connectivity index (χ2v) is 7.41. The third-order valence-electron chi connectivity index (χ3n) is 1.66. The minimum Gasteiger partial charge on any atom is -0.311 e. The largest absolute Gasteiger partial charge is 0.311 e. The van der Waals surface area contributed by atoms with Gasteiger partial charge < -0.3 is 5.32 Å². The van der Waals surface area contributed by atoms with Gasteiger partial charge in [0.05, 0.1) is 11.5 Å². The molecular formula is C10H23NO2S. The van der Waals surface area contributed by atoms with E-state index in [2.05, 4.69) is 5.32 Å². The number of nitrogens with one attached hydrogen (secondary N) is 1. The maximum Gasteiger partial charge on any atom is 0.151 e. The summed E-state index contributed by atoms with van der Waals surface area (Å²) in [5.74, 6) is 0.746. The maximum atomic E-state index is 11.5. The average molecular weight is 221 g/mol. The molecule has 0 aliphatic carbocycles. The second kappa shape index (κ2) is 5.12. The monoisotopic (exact) mass is 221 g/mol. The molecule has 3 nitrogen and oxygen atoms in total. The molecule has 0 spiro atoms. The van der Waals surface area contributed by atoms with Gasteiger partial charge in [0.15, 0.2) is 9.84 Å². The zero-order valence-electron chi connectivity index (χ0n) is 9.92. The fourth-order valence-corrected chi connectivity index (χ4v) is 2.77. The number of sulfone groups is 1. The first-order valence-corrected chi connectivity index (χ1v) is 6.90. The van der Waals surface area contributed by atoms with Crippen molar-refractivity contribution in [3.05, 3.63) is 0 Å². The van der Waals surface area contributed by atoms with Crippen molar-refractivity contribution in [1.82, 2.24) is 5.32 Å². The fourth-order valence-electron chi connectivity index (χ4n) is 1.17. The van der Waals surface area contributed by atoms with Crippen LogP contribution in [0.4, 0.5) is 0 Å². The van der Waals surface area contributed by atoms with Crippen LogP contribution in [0.25, 0.3) is 0 Å². The van der Waals surface area contributed by atoms with Gasteiger partial charge in [-0.2, -0.15) is 0 Å². The van der Waals surface area contributed by atoms with Crippen molar-refractivity contribution >= 4 is 9.84 Å². The summed E-state index contributed by atoms with van der Waals surface area (Å²) in [6, 6.07) is 0. The van der Waals surface area contributed by atoms with Crippen molar-refractivity contribution in [2.24, 2.45) is 5.92 Å². The lowest BCUT2D eigenvalue weighted by Crippen LogP contribution is -2.39. The van der Waals surface area contributed by atoms with E-state index in [1.54, 1.807) is 0 Å². The minimum absolute atomic E-state index is 0.00660. The second-order valence-electron chi connectivity index (χ2n) is 5.18. The molecule has 86 valence electrons. The van der Waals surface area contributed by atoms with E-state index in [1.165, 1.54) is 0 Å². The molecule has 0 aromatic heterocycles. The summed E-state index contributed by atoms with van der Waals surface area (Å²) < 4.78 is 23.0. The molecule has 0 saturated carbocycles. The Morgan fingerprint density at radius 3 is 2.07 bits per heavy atom. The van der Waals surface area contributed by atoms with Crippen LogP contribution in [0.1, 0.15) is 34.6 Å². The van der Waals surface area contributed by atoms with E-state index >= 15 is 0 Å². The Morgan fingerprint density at radius 1 is 1.21 bits per heavy atom. The highest BCUT2D eigenvalue weighted by Crippen LogP contribution is 2.02. The zero-order chi connectivity index (χ0) is 11.4. The Labute approximate surface area is 88.2 Å². The quantitative estimate of drug-likeness (QED) is 0.764. The van der Waals surface area contributed by atoms with Crippen LogP contribution >= 0.6 is 0 Å². The van der Waals surface area contributed by atoms with Crippen molar-refractivity contribution in [2.45, 2.75) is 40.2 Å². The van der Waals surface area contributed by atoms with Gasteiger partial charge in [-0.3, -0.25) is 0 Å². The first-order valence-electron chi connectivity index (χ1n) is 5.08. The molecule has 0 amide bonds. The third-order valence-corrected chi connectivity index (χ3v) is 3.66. The van der Waals surface area contributed by atoms with Crippen LogP contribution in [0.2, 0.25) is 0 Å². The van der Waals surface area contributed by atoms with Crippen LogP contribution in [0.5, 0.6) is 0 Å². The summed E-state index contributed by atoms with van der Waals surface area (Å²) in [6.07, 6.45) is 0. The van der Waals surface area contributed by atoms with Crippen LogP contribution in [0.15, 0.2) is 0 Å². The molecule has 0 aliphatic heterocycles. The lowest BCUT2D eigenvalue weighted by Gasteiger charge is -2.20. The molecule has 0 rings (SSSR count). The predicted molar refractivity (Wildman–Crippen MR) is 61.2 cm³/mol. The smallest absolute Gasteiger partial charge is 0.151 e.